The predicted molar refractivity (Wildman–Crippen MR) is 82.5 cm³/mol. The van der Waals surface area contributed by atoms with Gasteiger partial charge in [-0.25, -0.2) is 0 Å². The number of hydrogen-bond donors (Lipinski definition) is 1. The van der Waals surface area contributed by atoms with Gasteiger partial charge in [-0.3, -0.25) is 4.90 Å². The molecule has 0 aliphatic carbocycles. The average Bonchev–Trinajstić information content (AvgIpc) is 2.37. The zero-order valence-electron chi connectivity index (χ0n) is 10.7. The Kier molecular flexibility index (Phi) is 6.94. The van der Waals surface area contributed by atoms with E-state index < -0.39 is 0 Å². The van der Waals surface area contributed by atoms with Crippen molar-refractivity contribution in [3.63, 3.8) is 0 Å². The van der Waals surface area contributed by atoms with Crippen LogP contribution in [0.4, 0.5) is 0 Å². The molecule has 0 saturated heterocycles. The van der Waals surface area contributed by atoms with E-state index in [0.717, 1.165) is 30.5 Å². The molecule has 0 spiro atoms. The normalized spacial score (nSPS) is 12.4. The summed E-state index contributed by atoms with van der Waals surface area (Å²) < 4.78 is 1.08. The first kappa shape index (κ1) is 15.2. The molecule has 0 radical (unpaired) electrons. The molecular weight excluding hydrogens is 288 g/mol. The van der Waals surface area contributed by atoms with Crippen molar-refractivity contribution in [2.45, 2.75) is 12.5 Å². The first-order valence-corrected chi connectivity index (χ1v) is 6.92. The number of rotatable bonds is 8. The Morgan fingerprint density at radius 3 is 2.22 bits per heavy atom. The van der Waals surface area contributed by atoms with Gasteiger partial charge in [0.05, 0.1) is 0 Å². The zero-order valence-corrected chi connectivity index (χ0v) is 12.3. The summed E-state index contributed by atoms with van der Waals surface area (Å²) in [5, 5.41) is 0. The maximum Gasteiger partial charge on any atom is 0.0307 e. The summed E-state index contributed by atoms with van der Waals surface area (Å²) in [5.41, 5.74) is 7.37. The number of nitrogens with zero attached hydrogens (tertiary/aromatic N) is 1. The summed E-state index contributed by atoms with van der Waals surface area (Å²) in [6.45, 7) is 10.2. The molecule has 1 aromatic rings. The van der Waals surface area contributed by atoms with E-state index in [1.165, 1.54) is 5.56 Å². The lowest BCUT2D eigenvalue weighted by atomic mass is 10.0. The van der Waals surface area contributed by atoms with E-state index in [1.54, 1.807) is 0 Å². The van der Waals surface area contributed by atoms with Crippen molar-refractivity contribution in [3.8, 4) is 0 Å². The summed E-state index contributed by atoms with van der Waals surface area (Å²) >= 11 is 3.43. The van der Waals surface area contributed by atoms with Crippen LogP contribution in [0, 0.1) is 0 Å². The van der Waals surface area contributed by atoms with Gasteiger partial charge in [0, 0.05) is 30.1 Å². The maximum atomic E-state index is 6.19. The molecule has 0 aromatic heterocycles. The van der Waals surface area contributed by atoms with E-state index in [0.29, 0.717) is 0 Å². The highest BCUT2D eigenvalue weighted by Gasteiger charge is 2.08. The van der Waals surface area contributed by atoms with Crippen LogP contribution in [0.15, 0.2) is 54.0 Å². The van der Waals surface area contributed by atoms with Crippen LogP contribution >= 0.6 is 15.9 Å². The molecule has 1 aromatic carbocycles. The van der Waals surface area contributed by atoms with Crippen LogP contribution in [-0.4, -0.2) is 24.5 Å². The Morgan fingerprint density at radius 2 is 1.72 bits per heavy atom. The fraction of sp³-hybridized carbons (Fsp3) is 0.333. The van der Waals surface area contributed by atoms with Crippen molar-refractivity contribution in [1.29, 1.82) is 0 Å². The van der Waals surface area contributed by atoms with E-state index in [1.807, 2.05) is 24.3 Å². The molecule has 1 rings (SSSR count). The smallest absolute Gasteiger partial charge is 0.0307 e. The third kappa shape index (κ3) is 5.17. The Balaban J connectivity index is 2.48. The van der Waals surface area contributed by atoms with Crippen LogP contribution < -0.4 is 5.73 Å². The molecule has 0 saturated carbocycles. The lowest BCUT2D eigenvalue weighted by molar-refractivity contribution is 0.319. The molecule has 2 N–H and O–H groups in total. The van der Waals surface area contributed by atoms with Crippen molar-refractivity contribution >= 4 is 15.9 Å². The lowest BCUT2D eigenvalue weighted by Gasteiger charge is -2.21. The minimum Gasteiger partial charge on any atom is -0.324 e. The van der Waals surface area contributed by atoms with Gasteiger partial charge in [-0.2, -0.15) is 0 Å². The molecule has 0 aliphatic heterocycles. The molecule has 3 heteroatoms. The van der Waals surface area contributed by atoms with E-state index in [2.05, 4.69) is 46.1 Å². The van der Waals surface area contributed by atoms with E-state index >= 15 is 0 Å². The monoisotopic (exact) mass is 308 g/mol. The Bertz CT molecular complexity index is 363. The molecule has 2 nitrogen and oxygen atoms in total. The zero-order chi connectivity index (χ0) is 13.4. The number of benzene rings is 1. The molecule has 1 atom stereocenters. The summed E-state index contributed by atoms with van der Waals surface area (Å²) in [6.07, 6.45) is 4.76. The van der Waals surface area contributed by atoms with Crippen molar-refractivity contribution in [2.75, 3.05) is 19.6 Å². The third-order valence-electron chi connectivity index (χ3n) is 2.83. The van der Waals surface area contributed by atoms with Crippen molar-refractivity contribution in [2.24, 2.45) is 5.73 Å². The van der Waals surface area contributed by atoms with Crippen molar-refractivity contribution in [3.05, 3.63) is 59.6 Å². The van der Waals surface area contributed by atoms with E-state index in [4.69, 9.17) is 5.73 Å². The first-order valence-electron chi connectivity index (χ1n) is 6.12. The van der Waals surface area contributed by atoms with Crippen molar-refractivity contribution < 1.29 is 0 Å². The summed E-state index contributed by atoms with van der Waals surface area (Å²) in [4.78, 5) is 2.28. The van der Waals surface area contributed by atoms with Crippen LogP contribution in [-0.2, 0) is 0 Å². The SMILES string of the molecule is C=CCN(CC=C)CCC(N)c1ccc(Br)cc1. The summed E-state index contributed by atoms with van der Waals surface area (Å²) in [6, 6.07) is 8.27. The van der Waals surface area contributed by atoms with Crippen LogP contribution in [0.2, 0.25) is 0 Å². The van der Waals surface area contributed by atoms with Crippen LogP contribution in [0.3, 0.4) is 0 Å². The molecule has 18 heavy (non-hydrogen) atoms. The van der Waals surface area contributed by atoms with Gasteiger partial charge in [-0.15, -0.1) is 13.2 Å². The highest BCUT2D eigenvalue weighted by Crippen LogP contribution is 2.17. The van der Waals surface area contributed by atoms with Crippen LogP contribution in [0.5, 0.6) is 0 Å². The average molecular weight is 309 g/mol. The second-order valence-corrected chi connectivity index (χ2v) is 5.20. The van der Waals surface area contributed by atoms with Crippen molar-refractivity contribution in [1.82, 2.24) is 4.90 Å². The minimum absolute atomic E-state index is 0.0789. The van der Waals surface area contributed by atoms with E-state index in [-0.39, 0.29) is 6.04 Å². The molecule has 0 amide bonds. The fourth-order valence-corrected chi connectivity index (χ4v) is 2.08. The van der Waals surface area contributed by atoms with E-state index in [9.17, 15) is 0 Å². The molecule has 98 valence electrons. The Morgan fingerprint density at radius 1 is 1.17 bits per heavy atom. The van der Waals surface area contributed by atoms with Gasteiger partial charge in [0.25, 0.3) is 0 Å². The summed E-state index contributed by atoms with van der Waals surface area (Å²) in [7, 11) is 0. The van der Waals surface area contributed by atoms with Gasteiger partial charge in [0.15, 0.2) is 0 Å². The van der Waals surface area contributed by atoms with Gasteiger partial charge >= 0.3 is 0 Å². The Labute approximate surface area is 118 Å². The van der Waals surface area contributed by atoms with Crippen LogP contribution in [0.25, 0.3) is 0 Å². The van der Waals surface area contributed by atoms with Crippen LogP contribution in [0.1, 0.15) is 18.0 Å². The van der Waals surface area contributed by atoms with Gasteiger partial charge in [-0.05, 0) is 24.1 Å². The van der Waals surface area contributed by atoms with Gasteiger partial charge in [0.2, 0.25) is 0 Å². The first-order chi connectivity index (χ1) is 8.67. The Hall–Kier alpha value is -0.900. The molecule has 0 bridgehead atoms. The minimum atomic E-state index is 0.0789. The van der Waals surface area contributed by atoms with Gasteiger partial charge in [0.1, 0.15) is 0 Å². The highest BCUT2D eigenvalue weighted by atomic mass is 79.9. The number of nitrogens with two attached hydrogens (primary N) is 1. The molecule has 0 fully saturated rings. The highest BCUT2D eigenvalue weighted by molar-refractivity contribution is 9.10. The lowest BCUT2D eigenvalue weighted by Crippen LogP contribution is -2.27. The predicted octanol–water partition coefficient (Wildman–Crippen LogP) is 3.51. The number of halogens is 1. The molecule has 0 heterocycles. The second-order valence-electron chi connectivity index (χ2n) is 4.28. The fourth-order valence-electron chi connectivity index (χ4n) is 1.82. The summed E-state index contributed by atoms with van der Waals surface area (Å²) in [5.74, 6) is 0. The third-order valence-corrected chi connectivity index (χ3v) is 3.36. The van der Waals surface area contributed by atoms with Gasteiger partial charge < -0.3 is 5.73 Å². The molecule has 0 aliphatic rings. The topological polar surface area (TPSA) is 29.3 Å². The standard InChI is InChI=1S/C15H21BrN2/c1-3-10-18(11-4-2)12-9-15(17)13-5-7-14(16)8-6-13/h3-8,15H,1-2,9-12,17H2. The number of hydrogen-bond acceptors (Lipinski definition) is 2. The molecular formula is C15H21BrN2. The second kappa shape index (κ2) is 8.25. The largest absolute Gasteiger partial charge is 0.324 e. The maximum absolute atomic E-state index is 6.19. The van der Waals surface area contributed by atoms with Gasteiger partial charge in [-0.1, -0.05) is 40.2 Å². The quantitative estimate of drug-likeness (QED) is 0.745. The molecule has 1 unspecified atom stereocenters.